The summed E-state index contributed by atoms with van der Waals surface area (Å²) in [5, 5.41) is 8.37. The summed E-state index contributed by atoms with van der Waals surface area (Å²) >= 11 is 0. The van der Waals surface area contributed by atoms with Crippen LogP contribution in [0.15, 0.2) is 54.7 Å². The summed E-state index contributed by atoms with van der Waals surface area (Å²) in [5.74, 6) is 0.630. The molecule has 0 bridgehead atoms. The number of benzene rings is 1. The second kappa shape index (κ2) is 6.48. The minimum absolute atomic E-state index is 0.135. The van der Waals surface area contributed by atoms with Crippen LogP contribution >= 0.6 is 0 Å². The van der Waals surface area contributed by atoms with Crippen LogP contribution < -0.4 is 5.32 Å². The first-order chi connectivity index (χ1) is 12.6. The normalized spacial score (nSPS) is 11.0. The van der Waals surface area contributed by atoms with Crippen LogP contribution in [0.5, 0.6) is 0 Å². The molecule has 3 aromatic heterocycles. The number of hydrogen-bond donors (Lipinski definition) is 2. The number of nitrogens with one attached hydrogen (secondary N) is 2. The fourth-order valence-electron chi connectivity index (χ4n) is 2.98. The van der Waals surface area contributed by atoms with E-state index in [9.17, 15) is 4.79 Å². The first kappa shape index (κ1) is 16.1. The van der Waals surface area contributed by atoms with Crippen LogP contribution in [0.3, 0.4) is 0 Å². The molecule has 0 unspecified atom stereocenters. The molecule has 0 atom stereocenters. The molecule has 0 radical (unpaired) electrons. The molecule has 4 aromatic rings. The molecular formula is C20H19N5O. The van der Waals surface area contributed by atoms with Crippen molar-refractivity contribution in [3.05, 3.63) is 77.4 Å². The molecule has 1 amide bonds. The highest BCUT2D eigenvalue weighted by molar-refractivity contribution is 5.97. The monoisotopic (exact) mass is 345 g/mol. The zero-order valence-electron chi connectivity index (χ0n) is 14.7. The van der Waals surface area contributed by atoms with Gasteiger partial charge in [-0.05, 0) is 43.7 Å². The number of aromatic amines is 1. The molecule has 0 aliphatic heterocycles. The van der Waals surface area contributed by atoms with Gasteiger partial charge in [-0.3, -0.25) is 4.79 Å². The number of carbonyl (C=O) groups is 1. The van der Waals surface area contributed by atoms with Crippen molar-refractivity contribution < 1.29 is 4.79 Å². The maximum absolute atomic E-state index is 12.3. The van der Waals surface area contributed by atoms with E-state index in [0.29, 0.717) is 12.2 Å². The van der Waals surface area contributed by atoms with Gasteiger partial charge in [0, 0.05) is 29.3 Å². The highest BCUT2D eigenvalue weighted by atomic mass is 16.1. The van der Waals surface area contributed by atoms with E-state index in [1.54, 1.807) is 6.20 Å². The molecule has 0 fully saturated rings. The van der Waals surface area contributed by atoms with E-state index in [1.807, 2.05) is 67.1 Å². The SMILES string of the molecule is Cc1cc(C)n(-c2ccc(CNC(=O)c3cc4ccccc4[nH]3)cn2)n1. The van der Waals surface area contributed by atoms with Crippen LogP contribution in [0.4, 0.5) is 0 Å². The van der Waals surface area contributed by atoms with Crippen molar-refractivity contribution in [1.82, 2.24) is 25.1 Å². The summed E-state index contributed by atoms with van der Waals surface area (Å²) < 4.78 is 1.81. The van der Waals surface area contributed by atoms with Crippen molar-refractivity contribution >= 4 is 16.8 Å². The molecule has 2 N–H and O–H groups in total. The zero-order valence-corrected chi connectivity index (χ0v) is 14.7. The van der Waals surface area contributed by atoms with Crippen molar-refractivity contribution in [2.75, 3.05) is 0 Å². The van der Waals surface area contributed by atoms with Crippen molar-refractivity contribution in [3.63, 3.8) is 0 Å². The van der Waals surface area contributed by atoms with Gasteiger partial charge in [-0.15, -0.1) is 0 Å². The molecule has 0 saturated carbocycles. The number of nitrogens with zero attached hydrogens (tertiary/aromatic N) is 3. The molecule has 3 heterocycles. The number of aromatic nitrogens is 4. The third-order valence-electron chi connectivity index (χ3n) is 4.26. The van der Waals surface area contributed by atoms with Gasteiger partial charge >= 0.3 is 0 Å². The molecule has 6 nitrogen and oxygen atoms in total. The van der Waals surface area contributed by atoms with Gasteiger partial charge in [-0.1, -0.05) is 24.3 Å². The quantitative estimate of drug-likeness (QED) is 0.596. The number of H-pyrrole nitrogens is 1. The van der Waals surface area contributed by atoms with Gasteiger partial charge in [0.15, 0.2) is 5.82 Å². The third kappa shape index (κ3) is 3.09. The van der Waals surface area contributed by atoms with Gasteiger partial charge < -0.3 is 10.3 Å². The summed E-state index contributed by atoms with van der Waals surface area (Å²) in [6, 6.07) is 15.5. The number of pyridine rings is 1. The van der Waals surface area contributed by atoms with Gasteiger partial charge in [-0.2, -0.15) is 5.10 Å². The van der Waals surface area contributed by atoms with E-state index in [4.69, 9.17) is 0 Å². The van der Waals surface area contributed by atoms with Gasteiger partial charge in [0.25, 0.3) is 5.91 Å². The van der Waals surface area contributed by atoms with E-state index in [0.717, 1.165) is 33.7 Å². The van der Waals surface area contributed by atoms with Crippen LogP contribution in [0.1, 0.15) is 27.4 Å². The molecule has 0 aliphatic rings. The molecule has 6 heteroatoms. The number of rotatable bonds is 4. The summed E-state index contributed by atoms with van der Waals surface area (Å²) in [6.07, 6.45) is 1.76. The first-order valence-electron chi connectivity index (χ1n) is 8.45. The molecule has 1 aromatic carbocycles. The predicted octanol–water partition coefficient (Wildman–Crippen LogP) is 3.30. The standard InChI is InChI=1S/C20H19N5O/c1-13-9-14(2)25(24-13)19-8-7-15(11-21-19)12-22-20(26)18-10-16-5-3-4-6-17(16)23-18/h3-11,23H,12H2,1-2H3,(H,22,26). The lowest BCUT2D eigenvalue weighted by Gasteiger charge is -2.06. The lowest BCUT2D eigenvalue weighted by molar-refractivity contribution is 0.0946. The second-order valence-corrected chi connectivity index (χ2v) is 6.32. The van der Waals surface area contributed by atoms with Gasteiger partial charge in [0.2, 0.25) is 0 Å². The van der Waals surface area contributed by atoms with Gasteiger partial charge in [0.1, 0.15) is 5.69 Å². The minimum atomic E-state index is -0.135. The van der Waals surface area contributed by atoms with E-state index in [2.05, 4.69) is 20.4 Å². The molecule has 0 aliphatic carbocycles. The van der Waals surface area contributed by atoms with E-state index >= 15 is 0 Å². The van der Waals surface area contributed by atoms with Crippen LogP contribution in [0.25, 0.3) is 16.7 Å². The summed E-state index contributed by atoms with van der Waals surface area (Å²) in [7, 11) is 0. The van der Waals surface area contributed by atoms with E-state index in [1.165, 1.54) is 0 Å². The Balaban J connectivity index is 1.44. The smallest absolute Gasteiger partial charge is 0.267 e. The maximum Gasteiger partial charge on any atom is 0.267 e. The largest absolute Gasteiger partial charge is 0.351 e. The van der Waals surface area contributed by atoms with Gasteiger partial charge in [-0.25, -0.2) is 9.67 Å². The number of para-hydroxylation sites is 1. The van der Waals surface area contributed by atoms with Crippen LogP contribution in [0.2, 0.25) is 0 Å². The number of carbonyl (C=O) groups excluding carboxylic acids is 1. The highest BCUT2D eigenvalue weighted by Crippen LogP contribution is 2.15. The van der Waals surface area contributed by atoms with E-state index < -0.39 is 0 Å². The van der Waals surface area contributed by atoms with E-state index in [-0.39, 0.29) is 5.91 Å². The van der Waals surface area contributed by atoms with Crippen LogP contribution in [0, 0.1) is 13.8 Å². The molecule has 4 rings (SSSR count). The lowest BCUT2D eigenvalue weighted by Crippen LogP contribution is -2.23. The third-order valence-corrected chi connectivity index (χ3v) is 4.26. The predicted molar refractivity (Wildman–Crippen MR) is 100 cm³/mol. The molecular weight excluding hydrogens is 326 g/mol. The van der Waals surface area contributed by atoms with Crippen LogP contribution in [-0.2, 0) is 6.54 Å². The second-order valence-electron chi connectivity index (χ2n) is 6.32. The Morgan fingerprint density at radius 1 is 1.15 bits per heavy atom. The Hall–Kier alpha value is -3.41. The maximum atomic E-state index is 12.3. The summed E-state index contributed by atoms with van der Waals surface area (Å²) in [6.45, 7) is 4.37. The number of fused-ring (bicyclic) bond motifs is 1. The first-order valence-corrected chi connectivity index (χ1v) is 8.45. The molecule has 0 spiro atoms. The van der Waals surface area contributed by atoms with Crippen LogP contribution in [-0.4, -0.2) is 25.7 Å². The molecule has 130 valence electrons. The van der Waals surface area contributed by atoms with Crippen molar-refractivity contribution in [2.45, 2.75) is 20.4 Å². The summed E-state index contributed by atoms with van der Waals surface area (Å²) in [5.41, 5.74) is 4.43. The van der Waals surface area contributed by atoms with Crippen molar-refractivity contribution in [2.24, 2.45) is 0 Å². The van der Waals surface area contributed by atoms with Gasteiger partial charge in [0.05, 0.1) is 5.69 Å². The fraction of sp³-hybridized carbons (Fsp3) is 0.150. The average molecular weight is 345 g/mol. The lowest BCUT2D eigenvalue weighted by atomic mass is 10.2. The van der Waals surface area contributed by atoms with Crippen molar-refractivity contribution in [3.8, 4) is 5.82 Å². The molecule has 26 heavy (non-hydrogen) atoms. The zero-order chi connectivity index (χ0) is 18.1. The minimum Gasteiger partial charge on any atom is -0.351 e. The average Bonchev–Trinajstić information content (AvgIpc) is 3.23. The fourth-order valence-corrected chi connectivity index (χ4v) is 2.98. The molecule has 0 saturated heterocycles. The Morgan fingerprint density at radius 2 is 2.00 bits per heavy atom. The Kier molecular flexibility index (Phi) is 4.01. The number of aryl methyl sites for hydroxylation is 2. The highest BCUT2D eigenvalue weighted by Gasteiger charge is 2.09. The van der Waals surface area contributed by atoms with Crippen molar-refractivity contribution in [1.29, 1.82) is 0 Å². The summed E-state index contributed by atoms with van der Waals surface area (Å²) in [4.78, 5) is 19.9. The topological polar surface area (TPSA) is 75.6 Å². The Labute approximate surface area is 150 Å². The Bertz CT molecular complexity index is 1040. The number of hydrogen-bond acceptors (Lipinski definition) is 3. The number of amides is 1. The Morgan fingerprint density at radius 3 is 2.69 bits per heavy atom.